The van der Waals surface area contributed by atoms with Crippen molar-refractivity contribution < 1.29 is 14.3 Å². The quantitative estimate of drug-likeness (QED) is 0.894. The van der Waals surface area contributed by atoms with Gasteiger partial charge in [-0.15, -0.1) is 0 Å². The number of methoxy groups -OCH3 is 1. The third-order valence-electron chi connectivity index (χ3n) is 6.29. The first kappa shape index (κ1) is 16.6. The van der Waals surface area contributed by atoms with E-state index in [0.717, 1.165) is 38.5 Å². The molecule has 2 aliphatic carbocycles. The number of carbonyl (C=O) groups is 2. The summed E-state index contributed by atoms with van der Waals surface area (Å²) in [5.41, 5.74) is -0.123. The number of amides is 2. The lowest BCUT2D eigenvalue weighted by atomic mass is 9.80. The summed E-state index contributed by atoms with van der Waals surface area (Å²) in [4.78, 5) is 27.3. The zero-order valence-corrected chi connectivity index (χ0v) is 14.8. The third-order valence-corrected chi connectivity index (χ3v) is 6.29. The standard InChI is InChI=1S/C20H26N2O3/c1-25-20(11-12-20)19(21-17(23)15-7-3-2-4-8-15)13-22(14-19)18(24)16-9-5-6-10-16/h2-4,7-8,16H,5-6,9-14H2,1H3,(H,21,23). The second-order valence-corrected chi connectivity index (χ2v) is 7.78. The van der Waals surface area contributed by atoms with Crippen molar-refractivity contribution in [2.75, 3.05) is 20.2 Å². The number of benzene rings is 1. The molecule has 1 aliphatic heterocycles. The minimum atomic E-state index is -0.455. The number of hydrogen-bond donors (Lipinski definition) is 1. The topological polar surface area (TPSA) is 58.6 Å². The molecule has 1 N–H and O–H groups in total. The molecule has 0 aromatic heterocycles. The number of ether oxygens (including phenoxy) is 1. The van der Waals surface area contributed by atoms with E-state index in [0.29, 0.717) is 18.7 Å². The predicted molar refractivity (Wildman–Crippen MR) is 94.2 cm³/mol. The van der Waals surface area contributed by atoms with E-state index in [4.69, 9.17) is 4.74 Å². The maximum absolute atomic E-state index is 12.7. The van der Waals surface area contributed by atoms with E-state index < -0.39 is 5.54 Å². The molecular weight excluding hydrogens is 316 g/mol. The van der Waals surface area contributed by atoms with Crippen molar-refractivity contribution in [1.29, 1.82) is 0 Å². The van der Waals surface area contributed by atoms with Crippen LogP contribution in [0.15, 0.2) is 30.3 Å². The summed E-state index contributed by atoms with van der Waals surface area (Å²) >= 11 is 0. The first-order valence-corrected chi connectivity index (χ1v) is 9.31. The van der Waals surface area contributed by atoms with Gasteiger partial charge in [0.2, 0.25) is 5.91 Å². The summed E-state index contributed by atoms with van der Waals surface area (Å²) in [6.07, 6.45) is 6.20. The van der Waals surface area contributed by atoms with E-state index in [1.54, 1.807) is 7.11 Å². The van der Waals surface area contributed by atoms with Crippen molar-refractivity contribution in [3.05, 3.63) is 35.9 Å². The van der Waals surface area contributed by atoms with Gasteiger partial charge in [-0.3, -0.25) is 9.59 Å². The van der Waals surface area contributed by atoms with Crippen molar-refractivity contribution in [2.45, 2.75) is 49.7 Å². The molecule has 0 unspecified atom stereocenters. The van der Waals surface area contributed by atoms with Gasteiger partial charge in [-0.25, -0.2) is 0 Å². The number of nitrogens with zero attached hydrogens (tertiary/aromatic N) is 1. The molecule has 1 aromatic carbocycles. The summed E-state index contributed by atoms with van der Waals surface area (Å²) in [6.45, 7) is 1.13. The fraction of sp³-hybridized carbons (Fsp3) is 0.600. The minimum Gasteiger partial charge on any atom is -0.376 e. The highest BCUT2D eigenvalue weighted by atomic mass is 16.5. The summed E-state index contributed by atoms with van der Waals surface area (Å²) in [5.74, 6) is 0.353. The van der Waals surface area contributed by atoms with Gasteiger partial charge in [0, 0.05) is 31.7 Å². The molecule has 1 saturated heterocycles. The number of nitrogens with one attached hydrogen (secondary N) is 1. The van der Waals surface area contributed by atoms with Crippen LogP contribution in [0.25, 0.3) is 0 Å². The van der Waals surface area contributed by atoms with Crippen LogP contribution in [0.2, 0.25) is 0 Å². The molecule has 4 rings (SSSR count). The van der Waals surface area contributed by atoms with Gasteiger partial charge in [0.1, 0.15) is 5.54 Å². The van der Waals surface area contributed by atoms with Crippen molar-refractivity contribution in [3.8, 4) is 0 Å². The lowest BCUT2D eigenvalue weighted by molar-refractivity contribution is -0.152. The summed E-state index contributed by atoms with van der Waals surface area (Å²) in [7, 11) is 1.71. The SMILES string of the molecule is COC1(C2(NC(=O)c3ccccc3)CN(C(=O)C3CCCC3)C2)CC1. The number of hydrogen-bond acceptors (Lipinski definition) is 3. The minimum absolute atomic E-state index is 0.0862. The molecule has 0 spiro atoms. The zero-order valence-electron chi connectivity index (χ0n) is 14.8. The smallest absolute Gasteiger partial charge is 0.251 e. The molecule has 0 bridgehead atoms. The Bertz CT molecular complexity index is 657. The Labute approximate surface area is 148 Å². The Hall–Kier alpha value is -1.88. The molecule has 134 valence electrons. The van der Waals surface area contributed by atoms with Crippen LogP contribution in [0.3, 0.4) is 0 Å². The first-order valence-electron chi connectivity index (χ1n) is 9.31. The molecule has 1 heterocycles. The van der Waals surface area contributed by atoms with Gasteiger partial charge in [-0.05, 0) is 37.8 Å². The van der Waals surface area contributed by atoms with Crippen molar-refractivity contribution in [2.24, 2.45) is 5.92 Å². The van der Waals surface area contributed by atoms with Crippen molar-refractivity contribution in [3.63, 3.8) is 0 Å². The average Bonchev–Trinajstić information content (AvgIpc) is 3.22. The van der Waals surface area contributed by atoms with E-state index in [-0.39, 0.29) is 23.3 Å². The second kappa shape index (κ2) is 6.13. The van der Waals surface area contributed by atoms with Crippen LogP contribution in [0.1, 0.15) is 48.9 Å². The predicted octanol–water partition coefficient (Wildman–Crippen LogP) is 2.37. The highest BCUT2D eigenvalue weighted by molar-refractivity contribution is 5.95. The summed E-state index contributed by atoms with van der Waals surface area (Å²) in [6, 6.07) is 9.25. The Kier molecular flexibility index (Phi) is 4.07. The van der Waals surface area contributed by atoms with Crippen molar-refractivity contribution in [1.82, 2.24) is 10.2 Å². The lowest BCUT2D eigenvalue weighted by Gasteiger charge is -2.55. The normalized spacial score (nSPS) is 23.8. The summed E-state index contributed by atoms with van der Waals surface area (Å²) < 4.78 is 5.79. The van der Waals surface area contributed by atoms with Gasteiger partial charge in [-0.2, -0.15) is 0 Å². The van der Waals surface area contributed by atoms with E-state index in [2.05, 4.69) is 5.32 Å². The number of likely N-dealkylation sites (tertiary alicyclic amines) is 1. The van der Waals surface area contributed by atoms with Crippen LogP contribution in [0.4, 0.5) is 0 Å². The Morgan fingerprint density at radius 1 is 1.12 bits per heavy atom. The van der Waals surface area contributed by atoms with E-state index in [1.165, 1.54) is 0 Å². The fourth-order valence-corrected chi connectivity index (χ4v) is 4.54. The molecule has 3 fully saturated rings. The van der Waals surface area contributed by atoms with Crippen LogP contribution in [-0.4, -0.2) is 48.1 Å². The highest BCUT2D eigenvalue weighted by Crippen LogP contribution is 2.52. The van der Waals surface area contributed by atoms with Crippen LogP contribution in [0.5, 0.6) is 0 Å². The van der Waals surface area contributed by atoms with Gasteiger partial charge in [0.15, 0.2) is 0 Å². The van der Waals surface area contributed by atoms with E-state index in [9.17, 15) is 9.59 Å². The van der Waals surface area contributed by atoms with Crippen LogP contribution in [-0.2, 0) is 9.53 Å². The van der Waals surface area contributed by atoms with Crippen LogP contribution in [0, 0.1) is 5.92 Å². The number of carbonyl (C=O) groups excluding carboxylic acids is 2. The van der Waals surface area contributed by atoms with Gasteiger partial charge < -0.3 is 15.0 Å². The lowest BCUT2D eigenvalue weighted by Crippen LogP contribution is -2.78. The molecule has 1 aromatic rings. The molecular formula is C20H26N2O3. The molecule has 0 radical (unpaired) electrons. The van der Waals surface area contributed by atoms with Gasteiger partial charge >= 0.3 is 0 Å². The molecule has 3 aliphatic rings. The molecule has 5 heteroatoms. The van der Waals surface area contributed by atoms with Gasteiger partial charge in [-0.1, -0.05) is 31.0 Å². The second-order valence-electron chi connectivity index (χ2n) is 7.78. The Morgan fingerprint density at radius 2 is 1.76 bits per heavy atom. The Balaban J connectivity index is 1.49. The van der Waals surface area contributed by atoms with E-state index >= 15 is 0 Å². The molecule has 0 atom stereocenters. The van der Waals surface area contributed by atoms with Gasteiger partial charge in [0.25, 0.3) is 5.91 Å². The molecule has 2 amide bonds. The van der Waals surface area contributed by atoms with Crippen molar-refractivity contribution >= 4 is 11.8 Å². The maximum Gasteiger partial charge on any atom is 0.251 e. The van der Waals surface area contributed by atoms with Crippen LogP contribution < -0.4 is 5.32 Å². The fourth-order valence-electron chi connectivity index (χ4n) is 4.54. The molecule has 25 heavy (non-hydrogen) atoms. The molecule has 2 saturated carbocycles. The zero-order chi connectivity index (χ0) is 17.5. The van der Waals surface area contributed by atoms with E-state index in [1.807, 2.05) is 35.2 Å². The monoisotopic (exact) mass is 342 g/mol. The van der Waals surface area contributed by atoms with Gasteiger partial charge in [0.05, 0.1) is 5.60 Å². The van der Waals surface area contributed by atoms with Crippen LogP contribution >= 0.6 is 0 Å². The number of rotatable bonds is 5. The maximum atomic E-state index is 12.7. The summed E-state index contributed by atoms with van der Waals surface area (Å²) in [5, 5.41) is 3.22. The first-order chi connectivity index (χ1) is 12.1. The average molecular weight is 342 g/mol. The highest BCUT2D eigenvalue weighted by Gasteiger charge is 2.66. The largest absolute Gasteiger partial charge is 0.376 e. The third kappa shape index (κ3) is 2.74. The Morgan fingerprint density at radius 3 is 2.32 bits per heavy atom. The molecule has 5 nitrogen and oxygen atoms in total.